The Kier molecular flexibility index (Phi) is 8.29. The molecule has 4 aromatic rings. The lowest BCUT2D eigenvalue weighted by molar-refractivity contribution is 0.213. The molecule has 5 nitrogen and oxygen atoms in total. The van der Waals surface area contributed by atoms with Crippen LogP contribution in [0.4, 0.5) is 13.2 Å². The molecule has 38 heavy (non-hydrogen) atoms. The van der Waals surface area contributed by atoms with E-state index in [4.69, 9.17) is 9.39 Å². The first-order chi connectivity index (χ1) is 18.0. The number of fused-ring (bicyclic) bond motifs is 1. The zero-order valence-electron chi connectivity index (χ0n) is 21.6. The highest BCUT2D eigenvalue weighted by Gasteiger charge is 2.21. The maximum absolute atomic E-state index is 14.4. The molecule has 3 aromatic carbocycles. The third-order valence-electron chi connectivity index (χ3n) is 6.45. The van der Waals surface area contributed by atoms with Crippen LogP contribution < -0.4 is 15.8 Å². The largest absolute Gasteiger partial charge is 0.457 e. The van der Waals surface area contributed by atoms with Crippen molar-refractivity contribution in [2.45, 2.75) is 33.7 Å². The summed E-state index contributed by atoms with van der Waals surface area (Å²) >= 11 is 0. The minimum absolute atomic E-state index is 0.0287. The van der Waals surface area contributed by atoms with Crippen LogP contribution in [0.1, 0.15) is 37.9 Å². The molecule has 0 saturated heterocycles. The molecular weight excluding hydrogens is 511 g/mol. The summed E-state index contributed by atoms with van der Waals surface area (Å²) in [6, 6.07) is 10.8. The molecule has 0 aliphatic heterocycles. The Balaban J connectivity index is 1.63. The number of ether oxygens (including phenoxy) is 1. The molecule has 0 bridgehead atoms. The molecule has 0 amide bonds. The minimum Gasteiger partial charge on any atom is -0.457 e. The van der Waals surface area contributed by atoms with Gasteiger partial charge in [-0.1, -0.05) is 26.0 Å². The van der Waals surface area contributed by atoms with Gasteiger partial charge in [0.25, 0.3) is 5.56 Å². The number of hydrogen-bond acceptors (Lipinski definition) is 4. The maximum Gasteiger partial charge on any atom is 0.330 e. The van der Waals surface area contributed by atoms with Crippen LogP contribution in [0.5, 0.6) is 11.5 Å². The van der Waals surface area contributed by atoms with Gasteiger partial charge in [-0.25, -0.2) is 13.2 Å². The van der Waals surface area contributed by atoms with Gasteiger partial charge in [-0.05, 0) is 60.7 Å². The smallest absolute Gasteiger partial charge is 0.330 e. The van der Waals surface area contributed by atoms with E-state index in [1.165, 1.54) is 10.9 Å². The summed E-state index contributed by atoms with van der Waals surface area (Å²) in [5.74, 6) is -2.07. The Hall–Kier alpha value is -3.16. The lowest BCUT2D eigenvalue weighted by Gasteiger charge is -2.22. The van der Waals surface area contributed by atoms with Crippen molar-refractivity contribution in [1.82, 2.24) is 9.55 Å². The summed E-state index contributed by atoms with van der Waals surface area (Å²) < 4.78 is 55.7. The Bertz CT molecular complexity index is 1520. The van der Waals surface area contributed by atoms with E-state index in [1.807, 2.05) is 25.1 Å². The molecule has 0 spiro atoms. The number of benzene rings is 3. The van der Waals surface area contributed by atoms with Gasteiger partial charge in [-0.2, -0.15) is 4.98 Å². The third-order valence-corrected chi connectivity index (χ3v) is 7.55. The van der Waals surface area contributed by atoms with E-state index in [0.29, 0.717) is 35.8 Å². The molecule has 0 aliphatic carbocycles. The lowest BCUT2D eigenvalue weighted by atomic mass is 9.83. The predicted molar refractivity (Wildman–Crippen MR) is 147 cm³/mol. The molecule has 10 heteroatoms. The number of rotatable bonds is 9. The van der Waals surface area contributed by atoms with E-state index in [0.717, 1.165) is 17.2 Å². The van der Waals surface area contributed by atoms with E-state index in [-0.39, 0.29) is 16.4 Å². The Morgan fingerprint density at radius 3 is 2.50 bits per heavy atom. The number of hydrogen-bond donors (Lipinski definition) is 0. The Labute approximate surface area is 222 Å². The van der Waals surface area contributed by atoms with Crippen LogP contribution in [0.25, 0.3) is 10.9 Å². The van der Waals surface area contributed by atoms with Gasteiger partial charge in [0.1, 0.15) is 29.0 Å². The third kappa shape index (κ3) is 5.95. The molecule has 1 heterocycles. The van der Waals surface area contributed by atoms with Gasteiger partial charge in [0, 0.05) is 24.3 Å². The second-order valence-electron chi connectivity index (χ2n) is 9.96. The van der Waals surface area contributed by atoms with Crippen LogP contribution in [-0.2, 0) is 4.65 Å². The van der Waals surface area contributed by atoms with Crippen molar-refractivity contribution in [2.24, 2.45) is 5.41 Å². The van der Waals surface area contributed by atoms with E-state index in [2.05, 4.69) is 28.1 Å². The predicted octanol–water partition coefficient (Wildman–Crippen LogP) is 5.69. The van der Waals surface area contributed by atoms with Crippen LogP contribution in [0.3, 0.4) is 0 Å². The normalized spacial score (nSPS) is 12.5. The molecule has 0 saturated carbocycles. The summed E-state index contributed by atoms with van der Waals surface area (Å²) in [6.07, 6.45) is 2.13. The van der Waals surface area contributed by atoms with E-state index >= 15 is 0 Å². The van der Waals surface area contributed by atoms with Gasteiger partial charge in [-0.15, -0.1) is 9.24 Å². The topological polar surface area (TPSA) is 53.4 Å². The summed E-state index contributed by atoms with van der Waals surface area (Å²) in [4.78, 5) is 16.5. The van der Waals surface area contributed by atoms with Gasteiger partial charge < -0.3 is 14.0 Å². The van der Waals surface area contributed by atoms with Gasteiger partial charge in [-0.3, -0.25) is 4.79 Å². The molecule has 1 aromatic heterocycles. The first-order valence-electron chi connectivity index (χ1n) is 12.1. The fourth-order valence-electron chi connectivity index (χ4n) is 4.03. The van der Waals surface area contributed by atoms with Gasteiger partial charge in [0.15, 0.2) is 0 Å². The van der Waals surface area contributed by atoms with Crippen molar-refractivity contribution in [3.8, 4) is 11.5 Å². The Morgan fingerprint density at radius 2 is 1.82 bits per heavy atom. The number of aromatic nitrogens is 2. The van der Waals surface area contributed by atoms with Crippen molar-refractivity contribution in [3.63, 3.8) is 0 Å². The van der Waals surface area contributed by atoms with Crippen molar-refractivity contribution in [2.75, 3.05) is 12.8 Å². The van der Waals surface area contributed by atoms with Crippen LogP contribution in [0, 0.1) is 29.8 Å². The second kappa shape index (κ2) is 11.3. The van der Waals surface area contributed by atoms with Crippen molar-refractivity contribution < 1.29 is 22.6 Å². The molecular formula is C28H28BF3N2O3P. The van der Waals surface area contributed by atoms with Crippen LogP contribution in [0.2, 0.25) is 0 Å². The highest BCUT2D eigenvalue weighted by Crippen LogP contribution is 2.30. The first kappa shape index (κ1) is 27.9. The highest BCUT2D eigenvalue weighted by molar-refractivity contribution is 7.16. The first-order valence-corrected chi connectivity index (χ1v) is 12.9. The van der Waals surface area contributed by atoms with Crippen LogP contribution in [0.15, 0.2) is 59.7 Å². The Morgan fingerprint density at radius 1 is 1.11 bits per heavy atom. The highest BCUT2D eigenvalue weighted by atomic mass is 31.0. The molecule has 0 aliphatic rings. The molecule has 2 unspecified atom stereocenters. The number of nitrogens with zero attached hydrogens (tertiary/aromatic N) is 2. The minimum atomic E-state index is -1.02. The number of halogens is 3. The fraction of sp³-hybridized carbons (Fsp3) is 0.286. The average Bonchev–Trinajstić information content (AvgIpc) is 2.86. The SMILES string of the molecule is Cc1c([B]OCC(C)(C)CP)cccc1Oc1ccc2c(c1)c(=O)ncn2C(C)c1c(F)cc(F)cc1F. The summed E-state index contributed by atoms with van der Waals surface area (Å²) in [7, 11) is 4.44. The fourth-order valence-corrected chi connectivity index (χ4v) is 4.15. The van der Waals surface area contributed by atoms with Crippen molar-refractivity contribution in [1.29, 1.82) is 0 Å². The van der Waals surface area contributed by atoms with Crippen molar-refractivity contribution >= 4 is 33.1 Å². The molecule has 1 radical (unpaired) electrons. The molecule has 0 fully saturated rings. The van der Waals surface area contributed by atoms with Gasteiger partial charge >= 0.3 is 7.48 Å². The molecule has 2 atom stereocenters. The second-order valence-corrected chi connectivity index (χ2v) is 10.4. The van der Waals surface area contributed by atoms with E-state index in [1.54, 1.807) is 32.6 Å². The zero-order chi connectivity index (χ0) is 27.6. The van der Waals surface area contributed by atoms with E-state index < -0.39 is 29.1 Å². The lowest BCUT2D eigenvalue weighted by Crippen LogP contribution is -2.27. The maximum atomic E-state index is 14.4. The molecule has 4 rings (SSSR count). The average molecular weight is 539 g/mol. The molecule has 0 N–H and O–H groups in total. The van der Waals surface area contributed by atoms with Crippen LogP contribution >= 0.6 is 9.24 Å². The van der Waals surface area contributed by atoms with Gasteiger partial charge in [0.2, 0.25) is 0 Å². The monoisotopic (exact) mass is 539 g/mol. The van der Waals surface area contributed by atoms with Crippen LogP contribution in [-0.4, -0.2) is 29.8 Å². The van der Waals surface area contributed by atoms with E-state index in [9.17, 15) is 18.0 Å². The van der Waals surface area contributed by atoms with Gasteiger partial charge in [0.05, 0.1) is 23.3 Å². The quantitative estimate of drug-likeness (QED) is 0.203. The summed E-state index contributed by atoms with van der Waals surface area (Å²) in [6.45, 7) is 8.26. The summed E-state index contributed by atoms with van der Waals surface area (Å²) in [5.41, 5.74) is 1.31. The molecule has 197 valence electrons. The summed E-state index contributed by atoms with van der Waals surface area (Å²) in [5, 5.41) is 0.211. The zero-order valence-corrected chi connectivity index (χ0v) is 22.8. The standard InChI is InChI=1S/C28H28BF3N2O3P/c1-16-21(29-36-13-28(3,4)14-38)6-5-7-25(16)37-19-8-9-24-20(12-19)27(35)33-15-34(24)17(2)26-22(31)10-18(30)11-23(26)32/h5-12,15,17H,13-14,38H2,1-4H3. The van der Waals surface area contributed by atoms with Crippen molar-refractivity contribution in [3.05, 3.63) is 93.8 Å².